The predicted octanol–water partition coefficient (Wildman–Crippen LogP) is 2.18. The monoisotopic (exact) mass is 271 g/mol. The molecule has 1 amide bonds. The van der Waals surface area contributed by atoms with E-state index in [1.165, 1.54) is 0 Å². The molecule has 0 aliphatic rings. The smallest absolute Gasteiger partial charge is 0.246 e. The van der Waals surface area contributed by atoms with Gasteiger partial charge in [0.2, 0.25) is 5.91 Å². The maximum atomic E-state index is 11.4. The number of halogens is 1. The van der Waals surface area contributed by atoms with Crippen LogP contribution in [-0.4, -0.2) is 32.8 Å². The highest BCUT2D eigenvalue weighted by atomic mass is 35.5. The lowest BCUT2D eigenvalue weighted by atomic mass is 10.1. The fraction of sp³-hybridized carbons (Fsp3) is 0.462. The largest absolute Gasteiger partial charge is 0.375 e. The Labute approximate surface area is 112 Å². The number of amides is 1. The first-order valence-electron chi connectivity index (χ1n) is 5.80. The summed E-state index contributed by atoms with van der Waals surface area (Å²) in [6.07, 6.45) is -0.260. The zero-order chi connectivity index (χ0) is 13.4. The minimum absolute atomic E-state index is 0.0649. The molecule has 1 unspecified atom stereocenters. The van der Waals surface area contributed by atoms with E-state index in [9.17, 15) is 4.79 Å². The van der Waals surface area contributed by atoms with Crippen LogP contribution in [0.5, 0.6) is 0 Å². The van der Waals surface area contributed by atoms with E-state index >= 15 is 0 Å². The Balaban J connectivity index is 2.53. The second-order valence-corrected chi connectivity index (χ2v) is 4.09. The van der Waals surface area contributed by atoms with Crippen LogP contribution in [0.4, 0.5) is 0 Å². The number of nitrogens with one attached hydrogen (secondary N) is 1. The van der Waals surface area contributed by atoms with E-state index < -0.39 is 0 Å². The molecule has 0 aliphatic carbocycles. The van der Waals surface area contributed by atoms with Gasteiger partial charge in [-0.1, -0.05) is 29.8 Å². The Bertz CT molecular complexity index is 384. The Morgan fingerprint density at radius 1 is 1.44 bits per heavy atom. The van der Waals surface area contributed by atoms with E-state index in [4.69, 9.17) is 21.1 Å². The predicted molar refractivity (Wildman–Crippen MR) is 70.7 cm³/mol. The molecule has 1 aromatic rings. The van der Waals surface area contributed by atoms with Gasteiger partial charge < -0.3 is 14.8 Å². The van der Waals surface area contributed by atoms with Crippen LogP contribution in [0.3, 0.4) is 0 Å². The molecule has 0 spiro atoms. The maximum Gasteiger partial charge on any atom is 0.246 e. The zero-order valence-electron chi connectivity index (χ0n) is 10.6. The first kappa shape index (κ1) is 15.0. The highest BCUT2D eigenvalue weighted by Gasteiger charge is 2.14. The van der Waals surface area contributed by atoms with Gasteiger partial charge in [0.05, 0.1) is 0 Å². The van der Waals surface area contributed by atoms with Gasteiger partial charge >= 0.3 is 0 Å². The topological polar surface area (TPSA) is 47.6 Å². The second kappa shape index (κ2) is 8.08. The summed E-state index contributed by atoms with van der Waals surface area (Å²) in [6.45, 7) is 2.79. The van der Waals surface area contributed by atoms with Gasteiger partial charge in [0.15, 0.2) is 0 Å². The SMILES string of the molecule is CCOCC(=O)NCC(OC)c1ccccc1Cl. The Morgan fingerprint density at radius 3 is 2.78 bits per heavy atom. The summed E-state index contributed by atoms with van der Waals surface area (Å²) in [6, 6.07) is 7.41. The summed E-state index contributed by atoms with van der Waals surface area (Å²) >= 11 is 6.08. The van der Waals surface area contributed by atoms with Crippen molar-refractivity contribution >= 4 is 17.5 Å². The van der Waals surface area contributed by atoms with E-state index in [2.05, 4.69) is 5.32 Å². The molecule has 0 fully saturated rings. The van der Waals surface area contributed by atoms with Gasteiger partial charge in [0.1, 0.15) is 12.7 Å². The lowest BCUT2D eigenvalue weighted by molar-refractivity contribution is -0.126. The molecule has 1 N–H and O–H groups in total. The van der Waals surface area contributed by atoms with Gasteiger partial charge in [-0.15, -0.1) is 0 Å². The first-order chi connectivity index (χ1) is 8.69. The number of carbonyl (C=O) groups excluding carboxylic acids is 1. The van der Waals surface area contributed by atoms with Gasteiger partial charge in [-0.2, -0.15) is 0 Å². The molecule has 1 atom stereocenters. The van der Waals surface area contributed by atoms with E-state index in [1.807, 2.05) is 25.1 Å². The van der Waals surface area contributed by atoms with Crippen molar-refractivity contribution in [1.82, 2.24) is 5.32 Å². The standard InChI is InChI=1S/C13H18ClNO3/c1-3-18-9-13(16)15-8-12(17-2)10-6-4-5-7-11(10)14/h4-7,12H,3,8-9H2,1-2H3,(H,15,16). The number of carbonyl (C=O) groups is 1. The molecule has 0 heterocycles. The highest BCUT2D eigenvalue weighted by molar-refractivity contribution is 6.31. The molecule has 0 aliphatic heterocycles. The van der Waals surface area contributed by atoms with Crippen LogP contribution in [0.2, 0.25) is 5.02 Å². The van der Waals surface area contributed by atoms with Crippen molar-refractivity contribution in [1.29, 1.82) is 0 Å². The summed E-state index contributed by atoms with van der Waals surface area (Å²) < 4.78 is 10.3. The van der Waals surface area contributed by atoms with Crippen LogP contribution < -0.4 is 5.32 Å². The van der Waals surface area contributed by atoms with Crippen LogP contribution in [0.15, 0.2) is 24.3 Å². The minimum atomic E-state index is -0.260. The molecule has 0 radical (unpaired) electrons. The summed E-state index contributed by atoms with van der Waals surface area (Å²) in [5, 5.41) is 3.37. The third-order valence-corrected chi connectivity index (χ3v) is 2.80. The Hall–Kier alpha value is -1.10. The third-order valence-electron chi connectivity index (χ3n) is 2.46. The number of ether oxygens (including phenoxy) is 2. The molecule has 18 heavy (non-hydrogen) atoms. The Morgan fingerprint density at radius 2 is 2.17 bits per heavy atom. The summed E-state index contributed by atoms with van der Waals surface area (Å²) in [7, 11) is 1.59. The van der Waals surface area contributed by atoms with Gasteiger partial charge in [0.25, 0.3) is 0 Å². The highest BCUT2D eigenvalue weighted by Crippen LogP contribution is 2.24. The number of methoxy groups -OCH3 is 1. The zero-order valence-corrected chi connectivity index (χ0v) is 11.4. The van der Waals surface area contributed by atoms with Crippen LogP contribution in [0, 0.1) is 0 Å². The second-order valence-electron chi connectivity index (χ2n) is 3.69. The van der Waals surface area contributed by atoms with E-state index in [1.54, 1.807) is 13.2 Å². The lowest BCUT2D eigenvalue weighted by Crippen LogP contribution is -2.32. The van der Waals surface area contributed by atoms with Crippen LogP contribution in [0.1, 0.15) is 18.6 Å². The van der Waals surface area contributed by atoms with Gasteiger partial charge in [-0.05, 0) is 13.0 Å². The number of rotatable bonds is 7. The average molecular weight is 272 g/mol. The van der Waals surface area contributed by atoms with Crippen molar-refractivity contribution in [2.45, 2.75) is 13.0 Å². The third kappa shape index (κ3) is 4.64. The molecule has 1 rings (SSSR count). The molecular weight excluding hydrogens is 254 g/mol. The normalized spacial score (nSPS) is 12.2. The maximum absolute atomic E-state index is 11.4. The van der Waals surface area contributed by atoms with E-state index in [0.717, 1.165) is 5.56 Å². The molecule has 100 valence electrons. The summed E-state index contributed by atoms with van der Waals surface area (Å²) in [5.41, 5.74) is 0.860. The quantitative estimate of drug-likeness (QED) is 0.827. The van der Waals surface area contributed by atoms with Crippen molar-refractivity contribution in [3.63, 3.8) is 0 Å². The Kier molecular flexibility index (Phi) is 6.72. The lowest BCUT2D eigenvalue weighted by Gasteiger charge is -2.17. The molecule has 0 bridgehead atoms. The minimum Gasteiger partial charge on any atom is -0.375 e. The van der Waals surface area contributed by atoms with Crippen LogP contribution >= 0.6 is 11.6 Å². The van der Waals surface area contributed by atoms with Gasteiger partial charge in [-0.3, -0.25) is 4.79 Å². The molecule has 5 heteroatoms. The number of benzene rings is 1. The molecule has 1 aromatic carbocycles. The molecule has 4 nitrogen and oxygen atoms in total. The van der Waals surface area contributed by atoms with E-state index in [0.29, 0.717) is 18.2 Å². The number of hydrogen-bond donors (Lipinski definition) is 1. The molecule has 0 aromatic heterocycles. The van der Waals surface area contributed by atoms with Crippen molar-refractivity contribution in [2.75, 3.05) is 26.9 Å². The number of hydrogen-bond acceptors (Lipinski definition) is 3. The van der Waals surface area contributed by atoms with Crippen molar-refractivity contribution in [2.24, 2.45) is 0 Å². The average Bonchev–Trinajstić information content (AvgIpc) is 2.39. The molecule has 0 saturated heterocycles. The van der Waals surface area contributed by atoms with Crippen molar-refractivity contribution in [3.05, 3.63) is 34.9 Å². The van der Waals surface area contributed by atoms with Gasteiger partial charge in [-0.25, -0.2) is 0 Å². The van der Waals surface area contributed by atoms with Crippen molar-refractivity contribution < 1.29 is 14.3 Å². The van der Waals surface area contributed by atoms with Crippen LogP contribution in [0.25, 0.3) is 0 Å². The molecule has 0 saturated carbocycles. The summed E-state index contributed by atoms with van der Waals surface area (Å²) in [4.78, 5) is 11.4. The van der Waals surface area contributed by atoms with Crippen molar-refractivity contribution in [3.8, 4) is 0 Å². The summed E-state index contributed by atoms with van der Waals surface area (Å²) in [5.74, 6) is -0.161. The fourth-order valence-electron chi connectivity index (χ4n) is 1.51. The van der Waals surface area contributed by atoms with Gasteiger partial charge in [0, 0.05) is 30.8 Å². The van der Waals surface area contributed by atoms with E-state index in [-0.39, 0.29) is 18.6 Å². The molecular formula is C13H18ClNO3. The van der Waals surface area contributed by atoms with Crippen LogP contribution in [-0.2, 0) is 14.3 Å². The fourth-order valence-corrected chi connectivity index (χ4v) is 1.77. The first-order valence-corrected chi connectivity index (χ1v) is 6.18.